The third-order valence-electron chi connectivity index (χ3n) is 2.69. The molecule has 0 saturated heterocycles. The highest BCUT2D eigenvalue weighted by Gasteiger charge is 2.23. The molecule has 3 nitrogen and oxygen atoms in total. The minimum Gasteiger partial charge on any atom is -0.401 e. The molecule has 0 bridgehead atoms. The van der Waals surface area contributed by atoms with Crippen molar-refractivity contribution < 1.29 is 4.39 Å². The number of rotatable bonds is 6. The number of alkyl halides is 1. The molecule has 0 radical (unpaired) electrons. The van der Waals surface area contributed by atoms with Crippen molar-refractivity contribution in [2.24, 2.45) is 10.7 Å². The SMILES string of the molecule is C=C(/C(=C\N(C)C)C/N=C\C(C#CC)=C(/C)N)C(C)(C)F. The quantitative estimate of drug-likeness (QED) is 0.464. The van der Waals surface area contributed by atoms with Gasteiger partial charge in [-0.15, -0.1) is 5.92 Å². The van der Waals surface area contributed by atoms with Crippen LogP contribution in [0.4, 0.5) is 4.39 Å². The summed E-state index contributed by atoms with van der Waals surface area (Å²) in [5.41, 5.74) is 6.69. The van der Waals surface area contributed by atoms with E-state index < -0.39 is 5.67 Å². The highest BCUT2D eigenvalue weighted by molar-refractivity contribution is 5.85. The first-order valence-electron chi connectivity index (χ1n) is 6.74. The molecule has 0 heterocycles. The second-order valence-corrected chi connectivity index (χ2v) is 5.51. The number of hydrogen-bond acceptors (Lipinski definition) is 3. The molecule has 0 fully saturated rings. The van der Waals surface area contributed by atoms with E-state index in [0.717, 1.165) is 5.57 Å². The highest BCUT2D eigenvalue weighted by atomic mass is 19.1. The number of halogens is 1. The van der Waals surface area contributed by atoms with Crippen molar-refractivity contribution in [3.63, 3.8) is 0 Å². The van der Waals surface area contributed by atoms with Crippen LogP contribution in [-0.4, -0.2) is 37.4 Å². The predicted molar refractivity (Wildman–Crippen MR) is 89.8 cm³/mol. The van der Waals surface area contributed by atoms with Gasteiger partial charge in [-0.3, -0.25) is 4.99 Å². The molecule has 21 heavy (non-hydrogen) atoms. The van der Waals surface area contributed by atoms with Gasteiger partial charge in [-0.1, -0.05) is 12.5 Å². The molecule has 0 aromatic rings. The zero-order valence-corrected chi connectivity index (χ0v) is 13.9. The van der Waals surface area contributed by atoms with Gasteiger partial charge in [0.2, 0.25) is 0 Å². The van der Waals surface area contributed by atoms with E-state index in [-0.39, 0.29) is 0 Å². The van der Waals surface area contributed by atoms with E-state index in [1.54, 1.807) is 20.1 Å². The second-order valence-electron chi connectivity index (χ2n) is 5.51. The summed E-state index contributed by atoms with van der Waals surface area (Å²) >= 11 is 0. The van der Waals surface area contributed by atoms with Crippen molar-refractivity contribution in [2.45, 2.75) is 33.4 Å². The van der Waals surface area contributed by atoms with Gasteiger partial charge in [-0.2, -0.15) is 0 Å². The first kappa shape index (κ1) is 19.0. The fourth-order valence-corrected chi connectivity index (χ4v) is 1.51. The first-order valence-corrected chi connectivity index (χ1v) is 6.74. The lowest BCUT2D eigenvalue weighted by atomic mass is 9.94. The Morgan fingerprint density at radius 1 is 1.43 bits per heavy atom. The molecule has 4 heteroatoms. The van der Waals surface area contributed by atoms with E-state index >= 15 is 0 Å². The largest absolute Gasteiger partial charge is 0.401 e. The molecule has 2 N–H and O–H groups in total. The summed E-state index contributed by atoms with van der Waals surface area (Å²) in [5.74, 6) is 5.67. The van der Waals surface area contributed by atoms with Crippen LogP contribution in [0, 0.1) is 11.8 Å². The average Bonchev–Trinajstić information content (AvgIpc) is 2.33. The van der Waals surface area contributed by atoms with Crippen molar-refractivity contribution in [3.8, 4) is 11.8 Å². The third kappa shape index (κ3) is 7.36. The van der Waals surface area contributed by atoms with E-state index in [2.05, 4.69) is 23.4 Å². The summed E-state index contributed by atoms with van der Waals surface area (Å²) in [6.45, 7) is 10.6. The molecular formula is C17H26FN3. The van der Waals surface area contributed by atoms with Gasteiger partial charge < -0.3 is 10.6 Å². The van der Waals surface area contributed by atoms with Gasteiger partial charge in [-0.05, 0) is 38.8 Å². The van der Waals surface area contributed by atoms with E-state index in [9.17, 15) is 4.39 Å². The average molecular weight is 291 g/mol. The minimum absolute atomic E-state index is 0.326. The van der Waals surface area contributed by atoms with Gasteiger partial charge in [0.15, 0.2) is 0 Å². The molecule has 0 spiro atoms. The fraction of sp³-hybridized carbons (Fsp3) is 0.471. The monoisotopic (exact) mass is 291 g/mol. The van der Waals surface area contributed by atoms with Crippen LogP contribution in [-0.2, 0) is 0 Å². The topological polar surface area (TPSA) is 41.6 Å². The lowest BCUT2D eigenvalue weighted by Crippen LogP contribution is -2.19. The molecule has 0 aliphatic heterocycles. The normalized spacial score (nSPS) is 13.6. The zero-order valence-electron chi connectivity index (χ0n) is 13.9. The molecular weight excluding hydrogens is 265 g/mol. The Bertz CT molecular complexity index is 516. The number of nitrogens with zero attached hydrogens (tertiary/aromatic N) is 2. The van der Waals surface area contributed by atoms with E-state index in [4.69, 9.17) is 5.73 Å². The van der Waals surface area contributed by atoms with Crippen LogP contribution in [0.1, 0.15) is 27.7 Å². The molecule has 0 amide bonds. The maximum atomic E-state index is 14.1. The molecule has 0 rings (SSSR count). The van der Waals surface area contributed by atoms with E-state index in [1.165, 1.54) is 13.8 Å². The van der Waals surface area contributed by atoms with Crippen LogP contribution < -0.4 is 5.73 Å². The van der Waals surface area contributed by atoms with Crippen molar-refractivity contribution >= 4 is 6.21 Å². The van der Waals surface area contributed by atoms with Gasteiger partial charge in [0.25, 0.3) is 0 Å². The minimum atomic E-state index is -1.48. The third-order valence-corrected chi connectivity index (χ3v) is 2.69. The van der Waals surface area contributed by atoms with Crippen LogP contribution in [0.3, 0.4) is 0 Å². The van der Waals surface area contributed by atoms with Crippen LogP contribution in [0.25, 0.3) is 0 Å². The molecule has 0 saturated carbocycles. The van der Waals surface area contributed by atoms with Crippen LogP contribution >= 0.6 is 0 Å². The number of nitrogens with two attached hydrogens (primary N) is 1. The number of allylic oxidation sites excluding steroid dienone is 2. The maximum Gasteiger partial charge on any atom is 0.130 e. The second kappa shape index (κ2) is 8.31. The van der Waals surface area contributed by atoms with Crippen LogP contribution in [0.15, 0.2) is 40.2 Å². The highest BCUT2D eigenvalue weighted by Crippen LogP contribution is 2.26. The van der Waals surface area contributed by atoms with Crippen LogP contribution in [0.2, 0.25) is 0 Å². The molecule has 0 unspecified atom stereocenters. The lowest BCUT2D eigenvalue weighted by Gasteiger charge is -2.21. The molecule has 0 aromatic carbocycles. The summed E-state index contributed by atoms with van der Waals surface area (Å²) in [7, 11) is 3.75. The van der Waals surface area contributed by atoms with Crippen molar-refractivity contribution in [3.05, 3.63) is 35.2 Å². The molecule has 0 atom stereocenters. The van der Waals surface area contributed by atoms with E-state index in [1.807, 2.05) is 25.2 Å². The lowest BCUT2D eigenvalue weighted by molar-refractivity contribution is 0.271. The Balaban J connectivity index is 5.24. The van der Waals surface area contributed by atoms with E-state index in [0.29, 0.717) is 23.4 Å². The van der Waals surface area contributed by atoms with Gasteiger partial charge >= 0.3 is 0 Å². The molecule has 0 aliphatic rings. The van der Waals surface area contributed by atoms with Gasteiger partial charge in [0, 0.05) is 32.2 Å². The smallest absolute Gasteiger partial charge is 0.130 e. The Kier molecular flexibility index (Phi) is 7.51. The zero-order chi connectivity index (χ0) is 16.6. The Morgan fingerprint density at radius 3 is 2.38 bits per heavy atom. The van der Waals surface area contributed by atoms with Crippen molar-refractivity contribution in [1.82, 2.24) is 4.90 Å². The van der Waals surface area contributed by atoms with Crippen LogP contribution in [0.5, 0.6) is 0 Å². The summed E-state index contributed by atoms with van der Waals surface area (Å²) in [6.07, 6.45) is 3.44. The van der Waals surface area contributed by atoms with Gasteiger partial charge in [0.1, 0.15) is 5.67 Å². The Hall–Kier alpha value is -2.02. The summed E-state index contributed by atoms with van der Waals surface area (Å²) < 4.78 is 14.1. The molecule has 0 aliphatic carbocycles. The standard InChI is InChI=1S/C17H26FN3/c1-8-9-15(14(3)19)10-20-11-16(12-21(6)7)13(2)17(4,5)18/h10,12H,2,11,19H2,1,3-7H3/b15-14+,16-12-,20-10-. The van der Waals surface area contributed by atoms with Crippen molar-refractivity contribution in [1.29, 1.82) is 0 Å². The number of hydrogen-bond donors (Lipinski definition) is 1. The maximum absolute atomic E-state index is 14.1. The van der Waals surface area contributed by atoms with Crippen molar-refractivity contribution in [2.75, 3.05) is 20.6 Å². The summed E-state index contributed by atoms with van der Waals surface area (Å²) in [5, 5.41) is 0. The van der Waals surface area contributed by atoms with Gasteiger partial charge in [-0.25, -0.2) is 4.39 Å². The first-order chi connectivity index (χ1) is 9.59. The summed E-state index contributed by atoms with van der Waals surface area (Å²) in [4.78, 5) is 6.16. The Morgan fingerprint density at radius 2 is 2.00 bits per heavy atom. The predicted octanol–water partition coefficient (Wildman–Crippen LogP) is 3.06. The fourth-order valence-electron chi connectivity index (χ4n) is 1.51. The summed E-state index contributed by atoms with van der Waals surface area (Å²) in [6, 6.07) is 0. The van der Waals surface area contributed by atoms with Gasteiger partial charge in [0.05, 0.1) is 12.1 Å². The molecule has 0 aromatic heterocycles. The number of aliphatic imine (C=N–C) groups is 1. The molecule has 116 valence electrons. The Labute approximate surface area is 128 Å².